The maximum absolute atomic E-state index is 12.2. The molecule has 0 saturated carbocycles. The zero-order valence-corrected chi connectivity index (χ0v) is 16.7. The van der Waals surface area contributed by atoms with Gasteiger partial charge in [-0.15, -0.1) is 0 Å². The highest BCUT2D eigenvalue weighted by molar-refractivity contribution is 6.00. The van der Waals surface area contributed by atoms with Crippen LogP contribution in [-0.4, -0.2) is 36.3 Å². The molecule has 0 aliphatic carbocycles. The molecule has 1 fully saturated rings. The van der Waals surface area contributed by atoms with Crippen molar-refractivity contribution in [1.29, 1.82) is 0 Å². The fourth-order valence-corrected chi connectivity index (χ4v) is 3.67. The number of nitrogens with one attached hydrogen (secondary N) is 2. The number of piperidine rings is 1. The quantitative estimate of drug-likeness (QED) is 0.806. The average molecular weight is 380 g/mol. The number of amides is 2. The van der Waals surface area contributed by atoms with Crippen LogP contribution in [-0.2, 0) is 11.3 Å². The first kappa shape index (κ1) is 20.1. The molecular formula is C23H29N3O2. The van der Waals surface area contributed by atoms with E-state index >= 15 is 0 Å². The number of likely N-dealkylation sites (tertiary alicyclic amines) is 1. The number of hydrogen-bond acceptors (Lipinski definition) is 3. The van der Waals surface area contributed by atoms with Crippen LogP contribution in [0.1, 0.15) is 41.3 Å². The maximum Gasteiger partial charge on any atom is 0.251 e. The van der Waals surface area contributed by atoms with Crippen LogP contribution in [0.25, 0.3) is 0 Å². The molecule has 2 aromatic rings. The Morgan fingerprint density at radius 2 is 1.86 bits per heavy atom. The summed E-state index contributed by atoms with van der Waals surface area (Å²) in [5, 5.41) is 5.51. The normalized spacial score (nSPS) is 17.1. The van der Waals surface area contributed by atoms with Gasteiger partial charge in [0, 0.05) is 24.3 Å². The van der Waals surface area contributed by atoms with Crippen molar-refractivity contribution in [2.45, 2.75) is 33.2 Å². The third-order valence-corrected chi connectivity index (χ3v) is 5.18. The van der Waals surface area contributed by atoms with Gasteiger partial charge < -0.3 is 10.6 Å². The molecule has 3 rings (SSSR count). The molecular weight excluding hydrogens is 350 g/mol. The molecule has 1 atom stereocenters. The Hall–Kier alpha value is -2.66. The van der Waals surface area contributed by atoms with Gasteiger partial charge in [-0.2, -0.15) is 0 Å². The van der Waals surface area contributed by atoms with E-state index in [1.807, 2.05) is 37.3 Å². The lowest BCUT2D eigenvalue weighted by Crippen LogP contribution is -2.33. The van der Waals surface area contributed by atoms with Crippen molar-refractivity contribution in [2.75, 3.05) is 25.0 Å². The minimum absolute atomic E-state index is 0.0550. The highest BCUT2D eigenvalue weighted by atomic mass is 16.2. The molecule has 1 aliphatic rings. The summed E-state index contributed by atoms with van der Waals surface area (Å²) in [6.45, 7) is 7.39. The predicted molar refractivity (Wildman–Crippen MR) is 112 cm³/mol. The van der Waals surface area contributed by atoms with Crippen molar-refractivity contribution in [1.82, 2.24) is 10.2 Å². The van der Waals surface area contributed by atoms with Crippen molar-refractivity contribution in [3.8, 4) is 0 Å². The molecule has 0 radical (unpaired) electrons. The molecule has 1 unspecified atom stereocenters. The lowest BCUT2D eigenvalue weighted by Gasteiger charge is -2.30. The monoisotopic (exact) mass is 379 g/mol. The van der Waals surface area contributed by atoms with Gasteiger partial charge in [0.25, 0.3) is 5.91 Å². The maximum atomic E-state index is 12.2. The first-order valence-corrected chi connectivity index (χ1v) is 9.96. The smallest absolute Gasteiger partial charge is 0.251 e. The Morgan fingerprint density at radius 3 is 2.57 bits per heavy atom. The Morgan fingerprint density at radius 1 is 1.11 bits per heavy atom. The summed E-state index contributed by atoms with van der Waals surface area (Å²) >= 11 is 0. The Labute approximate surface area is 167 Å². The molecule has 0 aromatic heterocycles. The molecule has 0 spiro atoms. The number of hydrogen-bond donors (Lipinski definition) is 2. The van der Waals surface area contributed by atoms with Crippen LogP contribution >= 0.6 is 0 Å². The number of aryl methyl sites for hydroxylation is 1. The highest BCUT2D eigenvalue weighted by Crippen LogP contribution is 2.18. The summed E-state index contributed by atoms with van der Waals surface area (Å²) in [7, 11) is 0. The van der Waals surface area contributed by atoms with Crippen LogP contribution < -0.4 is 10.6 Å². The van der Waals surface area contributed by atoms with E-state index in [1.165, 1.54) is 18.4 Å². The number of rotatable bonds is 6. The second kappa shape index (κ2) is 9.51. The van der Waals surface area contributed by atoms with E-state index in [4.69, 9.17) is 0 Å². The number of carbonyl (C=O) groups is 2. The van der Waals surface area contributed by atoms with E-state index < -0.39 is 0 Å². The van der Waals surface area contributed by atoms with Gasteiger partial charge in [-0.05, 0) is 61.6 Å². The van der Waals surface area contributed by atoms with Crippen molar-refractivity contribution in [3.05, 3.63) is 65.2 Å². The molecule has 148 valence electrons. The van der Waals surface area contributed by atoms with Gasteiger partial charge in [-0.3, -0.25) is 14.5 Å². The molecule has 28 heavy (non-hydrogen) atoms. The van der Waals surface area contributed by atoms with Crippen LogP contribution in [0.15, 0.2) is 48.5 Å². The summed E-state index contributed by atoms with van der Waals surface area (Å²) in [6, 6.07) is 15.3. The number of anilines is 1. The van der Waals surface area contributed by atoms with Gasteiger partial charge in [-0.1, -0.05) is 37.3 Å². The van der Waals surface area contributed by atoms with Crippen molar-refractivity contribution in [2.24, 2.45) is 5.92 Å². The molecule has 2 amide bonds. The number of nitrogens with zero attached hydrogens (tertiary/aromatic N) is 1. The SMILES string of the molecule is Cc1ccccc1C(=O)NCC(=O)Nc1ccc(CN2CCCC(C)C2)cc1. The van der Waals surface area contributed by atoms with E-state index in [-0.39, 0.29) is 18.4 Å². The molecule has 2 N–H and O–H groups in total. The number of benzene rings is 2. The predicted octanol–water partition coefficient (Wildman–Crippen LogP) is 3.60. The molecule has 1 aliphatic heterocycles. The summed E-state index contributed by atoms with van der Waals surface area (Å²) in [5.74, 6) is 0.293. The lowest BCUT2D eigenvalue weighted by molar-refractivity contribution is -0.115. The molecule has 5 nitrogen and oxygen atoms in total. The first-order chi connectivity index (χ1) is 13.5. The van der Waals surface area contributed by atoms with Crippen LogP contribution in [0.5, 0.6) is 0 Å². The standard InChI is InChI=1S/C23H29N3O2/c1-17-6-5-13-26(15-17)16-19-9-11-20(12-10-19)25-22(27)14-24-23(28)21-8-4-3-7-18(21)2/h3-4,7-12,17H,5-6,13-16H2,1-2H3,(H,24,28)(H,25,27). The zero-order valence-electron chi connectivity index (χ0n) is 16.7. The summed E-state index contributed by atoms with van der Waals surface area (Å²) in [6.07, 6.45) is 2.59. The highest BCUT2D eigenvalue weighted by Gasteiger charge is 2.16. The number of carbonyl (C=O) groups excluding carboxylic acids is 2. The Balaban J connectivity index is 1.46. The van der Waals surface area contributed by atoms with Gasteiger partial charge >= 0.3 is 0 Å². The molecule has 2 aromatic carbocycles. The van der Waals surface area contributed by atoms with Crippen LogP contribution in [0.2, 0.25) is 0 Å². The van der Waals surface area contributed by atoms with Crippen LogP contribution in [0.3, 0.4) is 0 Å². The third kappa shape index (κ3) is 5.67. The fourth-order valence-electron chi connectivity index (χ4n) is 3.67. The van der Waals surface area contributed by atoms with E-state index in [9.17, 15) is 9.59 Å². The van der Waals surface area contributed by atoms with Gasteiger partial charge in [0.2, 0.25) is 5.91 Å². The molecule has 5 heteroatoms. The third-order valence-electron chi connectivity index (χ3n) is 5.18. The van der Waals surface area contributed by atoms with E-state index in [1.54, 1.807) is 6.07 Å². The summed E-state index contributed by atoms with van der Waals surface area (Å²) in [5.41, 5.74) is 3.47. The van der Waals surface area contributed by atoms with Crippen molar-refractivity contribution in [3.63, 3.8) is 0 Å². The van der Waals surface area contributed by atoms with E-state index in [0.29, 0.717) is 5.56 Å². The lowest BCUT2D eigenvalue weighted by atomic mass is 10.00. The van der Waals surface area contributed by atoms with Crippen LogP contribution in [0.4, 0.5) is 5.69 Å². The van der Waals surface area contributed by atoms with Crippen molar-refractivity contribution >= 4 is 17.5 Å². The largest absolute Gasteiger partial charge is 0.343 e. The van der Waals surface area contributed by atoms with Gasteiger partial charge in [0.1, 0.15) is 0 Å². The van der Waals surface area contributed by atoms with Gasteiger partial charge in [0.15, 0.2) is 0 Å². The van der Waals surface area contributed by atoms with E-state index in [0.717, 1.165) is 36.8 Å². The van der Waals surface area contributed by atoms with Gasteiger partial charge in [-0.25, -0.2) is 0 Å². The second-order valence-corrected chi connectivity index (χ2v) is 7.73. The molecule has 1 saturated heterocycles. The Bertz CT molecular complexity index is 817. The second-order valence-electron chi connectivity index (χ2n) is 7.73. The fraction of sp³-hybridized carbons (Fsp3) is 0.391. The van der Waals surface area contributed by atoms with Crippen molar-refractivity contribution < 1.29 is 9.59 Å². The van der Waals surface area contributed by atoms with E-state index in [2.05, 4.69) is 34.6 Å². The molecule has 1 heterocycles. The summed E-state index contributed by atoms with van der Waals surface area (Å²) < 4.78 is 0. The average Bonchev–Trinajstić information content (AvgIpc) is 2.68. The van der Waals surface area contributed by atoms with Gasteiger partial charge in [0.05, 0.1) is 6.54 Å². The first-order valence-electron chi connectivity index (χ1n) is 9.96. The minimum atomic E-state index is -0.237. The summed E-state index contributed by atoms with van der Waals surface area (Å²) in [4.78, 5) is 26.8. The Kier molecular flexibility index (Phi) is 6.82. The van der Waals surface area contributed by atoms with Crippen LogP contribution in [0, 0.1) is 12.8 Å². The minimum Gasteiger partial charge on any atom is -0.343 e. The zero-order chi connectivity index (χ0) is 19.9. The topological polar surface area (TPSA) is 61.4 Å². The molecule has 0 bridgehead atoms.